The van der Waals surface area contributed by atoms with Crippen LogP contribution in [-0.4, -0.2) is 21.0 Å². The molecule has 0 fully saturated rings. The van der Waals surface area contributed by atoms with E-state index in [1.54, 1.807) is 5.51 Å². The van der Waals surface area contributed by atoms with Crippen molar-refractivity contribution in [2.24, 2.45) is 0 Å². The molecule has 0 spiro atoms. The van der Waals surface area contributed by atoms with Gasteiger partial charge in [0.1, 0.15) is 10.8 Å². The van der Waals surface area contributed by atoms with Crippen molar-refractivity contribution in [2.45, 2.75) is 22.9 Å². The first-order chi connectivity index (χ1) is 12.8. The van der Waals surface area contributed by atoms with Crippen LogP contribution >= 0.6 is 23.1 Å². The van der Waals surface area contributed by atoms with Crippen LogP contribution in [-0.2, 0) is 6.42 Å². The van der Waals surface area contributed by atoms with Gasteiger partial charge in [-0.15, -0.1) is 10.2 Å². The van der Waals surface area contributed by atoms with Crippen LogP contribution < -0.4 is 0 Å². The highest BCUT2D eigenvalue weighted by Crippen LogP contribution is 2.39. The van der Waals surface area contributed by atoms with Gasteiger partial charge in [-0.2, -0.15) is 0 Å². The highest BCUT2D eigenvalue weighted by molar-refractivity contribution is 8.01. The molecule has 0 saturated carbocycles. The van der Waals surface area contributed by atoms with Crippen LogP contribution in [0, 0.1) is 0 Å². The minimum Gasteiger partial charge on any atom is -0.360 e. The van der Waals surface area contributed by atoms with E-state index in [1.165, 1.54) is 28.7 Å². The molecule has 0 aliphatic carbocycles. The van der Waals surface area contributed by atoms with Crippen molar-refractivity contribution >= 4 is 39.8 Å². The van der Waals surface area contributed by atoms with Crippen molar-refractivity contribution in [3.8, 4) is 0 Å². The lowest BCUT2D eigenvalue weighted by Crippen LogP contribution is -2.09. The molecule has 0 amide bonds. The number of para-hydroxylation sites is 1. The Morgan fingerprint density at radius 2 is 2.04 bits per heavy atom. The Balaban J connectivity index is 1.77. The number of aromatic nitrogens is 3. The van der Waals surface area contributed by atoms with Crippen LogP contribution in [0.1, 0.15) is 33.7 Å². The van der Waals surface area contributed by atoms with Gasteiger partial charge in [-0.3, -0.25) is 4.79 Å². The Kier molecular flexibility index (Phi) is 4.86. The molecule has 0 aliphatic heterocycles. The van der Waals surface area contributed by atoms with Gasteiger partial charge in [-0.1, -0.05) is 78.6 Å². The normalized spacial score (nSPS) is 12.3. The number of Topliss-reactive ketones (excluding diaryl/α,β-unsaturated/α-hetero) is 1. The molecule has 26 heavy (non-hydrogen) atoms. The fourth-order valence-electron chi connectivity index (χ4n) is 3.07. The summed E-state index contributed by atoms with van der Waals surface area (Å²) in [5, 5.41) is 8.63. The van der Waals surface area contributed by atoms with E-state index in [0.29, 0.717) is 0 Å². The zero-order chi connectivity index (χ0) is 17.9. The minimum absolute atomic E-state index is 0.0795. The number of carbonyl (C=O) groups excluding carboxylic acids is 1. The molecule has 0 saturated heterocycles. The maximum absolute atomic E-state index is 13.5. The van der Waals surface area contributed by atoms with Crippen molar-refractivity contribution < 1.29 is 4.79 Å². The van der Waals surface area contributed by atoms with Gasteiger partial charge in [0.2, 0.25) is 0 Å². The lowest BCUT2D eigenvalue weighted by atomic mass is 10.0. The molecule has 2 aromatic heterocycles. The van der Waals surface area contributed by atoms with Crippen molar-refractivity contribution in [2.75, 3.05) is 0 Å². The number of fused-ring (bicyclic) bond motifs is 1. The summed E-state index contributed by atoms with van der Waals surface area (Å²) in [6.45, 7) is 2.12. The molecule has 0 aliphatic rings. The lowest BCUT2D eigenvalue weighted by molar-refractivity contribution is 0.0991. The number of benzene rings is 2. The molecule has 4 nitrogen and oxygen atoms in total. The summed E-state index contributed by atoms with van der Waals surface area (Å²) in [6.07, 6.45) is 2.76. The van der Waals surface area contributed by atoms with Crippen molar-refractivity contribution in [3.63, 3.8) is 0 Å². The predicted molar refractivity (Wildman–Crippen MR) is 107 cm³/mol. The van der Waals surface area contributed by atoms with Gasteiger partial charge in [-0.05, 0) is 17.5 Å². The number of ketones is 1. The monoisotopic (exact) mass is 379 g/mol. The number of nitrogens with zero attached hydrogens (tertiary/aromatic N) is 2. The van der Waals surface area contributed by atoms with Gasteiger partial charge in [0.15, 0.2) is 10.1 Å². The third kappa shape index (κ3) is 3.18. The van der Waals surface area contributed by atoms with Crippen LogP contribution in [0.15, 0.2) is 64.6 Å². The Morgan fingerprint density at radius 1 is 1.19 bits per heavy atom. The summed E-state index contributed by atoms with van der Waals surface area (Å²) in [5.41, 5.74) is 5.65. The van der Waals surface area contributed by atoms with E-state index >= 15 is 0 Å². The molecule has 130 valence electrons. The van der Waals surface area contributed by atoms with E-state index in [4.69, 9.17) is 0 Å². The predicted octanol–water partition coefficient (Wildman–Crippen LogP) is 5.30. The first kappa shape index (κ1) is 17.0. The SMILES string of the molecule is CCc1cccc2c(C(=O)[C@H](Sc3nncs3)c3ccccc3)c[nH]c12. The van der Waals surface area contributed by atoms with Crippen LogP contribution in [0.4, 0.5) is 0 Å². The van der Waals surface area contributed by atoms with E-state index in [0.717, 1.165) is 32.8 Å². The minimum atomic E-state index is -0.353. The molecule has 4 aromatic rings. The van der Waals surface area contributed by atoms with Gasteiger partial charge < -0.3 is 4.98 Å². The summed E-state index contributed by atoms with van der Waals surface area (Å²) in [7, 11) is 0. The number of rotatable bonds is 6. The second kappa shape index (κ2) is 7.43. The average Bonchev–Trinajstić information content (AvgIpc) is 3.35. The largest absolute Gasteiger partial charge is 0.360 e. The van der Waals surface area contributed by atoms with Crippen LogP contribution in [0.25, 0.3) is 10.9 Å². The van der Waals surface area contributed by atoms with Crippen LogP contribution in [0.3, 0.4) is 0 Å². The molecule has 0 radical (unpaired) electrons. The number of carbonyl (C=O) groups is 1. The Morgan fingerprint density at radius 3 is 2.77 bits per heavy atom. The zero-order valence-electron chi connectivity index (χ0n) is 14.2. The van der Waals surface area contributed by atoms with Gasteiger partial charge in [0.05, 0.1) is 0 Å². The molecule has 2 aromatic carbocycles. The van der Waals surface area contributed by atoms with Gasteiger partial charge in [0, 0.05) is 22.7 Å². The van der Waals surface area contributed by atoms with Crippen molar-refractivity contribution in [3.05, 3.63) is 76.9 Å². The van der Waals surface area contributed by atoms with E-state index in [9.17, 15) is 4.79 Å². The van der Waals surface area contributed by atoms with Gasteiger partial charge in [0.25, 0.3) is 0 Å². The molecule has 1 N–H and O–H groups in total. The van der Waals surface area contributed by atoms with E-state index in [-0.39, 0.29) is 11.0 Å². The molecule has 1 atom stereocenters. The van der Waals surface area contributed by atoms with E-state index in [1.807, 2.05) is 48.7 Å². The summed E-state index contributed by atoms with van der Waals surface area (Å²) in [6, 6.07) is 16.0. The summed E-state index contributed by atoms with van der Waals surface area (Å²) in [5.74, 6) is 0.0795. The smallest absolute Gasteiger partial charge is 0.182 e. The number of nitrogens with one attached hydrogen (secondary N) is 1. The van der Waals surface area contributed by atoms with Crippen LogP contribution in [0.2, 0.25) is 0 Å². The molecule has 6 heteroatoms. The maximum atomic E-state index is 13.5. The summed E-state index contributed by atoms with van der Waals surface area (Å²) in [4.78, 5) is 16.8. The highest BCUT2D eigenvalue weighted by Gasteiger charge is 2.26. The lowest BCUT2D eigenvalue weighted by Gasteiger charge is -2.14. The topological polar surface area (TPSA) is 58.6 Å². The standard InChI is InChI=1S/C20H17N3OS2/c1-2-13-9-6-10-15-16(11-21-17(13)15)18(24)19(14-7-4-3-5-8-14)26-20-23-22-12-25-20/h3-12,19,21H,2H2,1H3/t19-/m1/s1. The Hall–Kier alpha value is -2.44. The van der Waals surface area contributed by atoms with Crippen molar-refractivity contribution in [1.29, 1.82) is 0 Å². The maximum Gasteiger partial charge on any atom is 0.182 e. The number of aryl methyl sites for hydroxylation is 1. The fraction of sp³-hybridized carbons (Fsp3) is 0.150. The summed E-state index contributed by atoms with van der Waals surface area (Å²) < 4.78 is 0.793. The number of hydrogen-bond acceptors (Lipinski definition) is 5. The fourth-order valence-corrected chi connectivity index (χ4v) is 4.81. The van der Waals surface area contributed by atoms with Gasteiger partial charge >= 0.3 is 0 Å². The molecule has 0 unspecified atom stereocenters. The quantitative estimate of drug-likeness (QED) is 0.365. The third-order valence-electron chi connectivity index (χ3n) is 4.35. The van der Waals surface area contributed by atoms with E-state index in [2.05, 4.69) is 28.2 Å². The number of H-pyrrole nitrogens is 1. The molecular formula is C20H17N3OS2. The second-order valence-electron chi connectivity index (χ2n) is 5.87. The first-order valence-electron chi connectivity index (χ1n) is 8.39. The molecule has 4 rings (SSSR count). The first-order valence-corrected chi connectivity index (χ1v) is 10.1. The molecule has 0 bridgehead atoms. The number of hydrogen-bond donors (Lipinski definition) is 1. The second-order valence-corrected chi connectivity index (χ2v) is 8.06. The van der Waals surface area contributed by atoms with Crippen molar-refractivity contribution in [1.82, 2.24) is 15.2 Å². The number of aromatic amines is 1. The zero-order valence-corrected chi connectivity index (χ0v) is 15.8. The number of thioether (sulfide) groups is 1. The van der Waals surface area contributed by atoms with E-state index < -0.39 is 0 Å². The summed E-state index contributed by atoms with van der Waals surface area (Å²) >= 11 is 2.91. The van der Waals surface area contributed by atoms with Gasteiger partial charge in [-0.25, -0.2) is 0 Å². The highest BCUT2D eigenvalue weighted by atomic mass is 32.2. The average molecular weight is 380 g/mol. The molecular weight excluding hydrogens is 362 g/mol. The third-order valence-corrected chi connectivity index (χ3v) is 6.41. The molecule has 2 heterocycles. The van der Waals surface area contributed by atoms with Crippen LogP contribution in [0.5, 0.6) is 0 Å². The Labute approximate surface area is 159 Å². The Bertz CT molecular complexity index is 1030.